The van der Waals surface area contributed by atoms with Crippen molar-refractivity contribution in [2.24, 2.45) is 5.41 Å². The van der Waals surface area contributed by atoms with Gasteiger partial charge in [-0.25, -0.2) is 0 Å². The smallest absolute Gasteiger partial charge is 0.0720 e. The molecule has 1 aliphatic carbocycles. The molecule has 0 unspecified atom stereocenters. The minimum absolute atomic E-state index is 0.0304. The Balaban J connectivity index is 1.93. The summed E-state index contributed by atoms with van der Waals surface area (Å²) in [6.07, 6.45) is 4.67. The van der Waals surface area contributed by atoms with Crippen LogP contribution in [0.2, 0.25) is 0 Å². The average Bonchev–Trinajstić information content (AvgIpc) is 2.86. The Bertz CT molecular complexity index is 207. The van der Waals surface area contributed by atoms with Crippen LogP contribution in [0, 0.1) is 5.41 Å². The summed E-state index contributed by atoms with van der Waals surface area (Å²) in [4.78, 5) is 2.56. The van der Waals surface area contributed by atoms with Crippen molar-refractivity contribution in [3.8, 4) is 0 Å². The molecule has 0 amide bonds. The molecule has 2 nitrogen and oxygen atoms in total. The monoisotopic (exact) mass is 197 g/mol. The van der Waals surface area contributed by atoms with Crippen molar-refractivity contribution < 1.29 is 5.11 Å². The maximum absolute atomic E-state index is 10.5. The zero-order valence-electron chi connectivity index (χ0n) is 9.71. The Labute approximate surface area is 87.3 Å². The highest BCUT2D eigenvalue weighted by Gasteiger charge is 2.44. The van der Waals surface area contributed by atoms with E-state index in [2.05, 4.69) is 25.7 Å². The van der Waals surface area contributed by atoms with Crippen LogP contribution in [-0.4, -0.2) is 34.7 Å². The summed E-state index contributed by atoms with van der Waals surface area (Å²) in [6, 6.07) is 0.861. The predicted molar refractivity (Wildman–Crippen MR) is 58.2 cm³/mol. The van der Waals surface area contributed by atoms with Gasteiger partial charge in [0.15, 0.2) is 0 Å². The molecule has 1 N–H and O–H groups in total. The van der Waals surface area contributed by atoms with Crippen molar-refractivity contribution in [1.82, 2.24) is 4.90 Å². The van der Waals surface area contributed by atoms with E-state index in [9.17, 15) is 5.11 Å². The first-order chi connectivity index (χ1) is 6.42. The first kappa shape index (κ1) is 10.4. The van der Waals surface area contributed by atoms with Crippen molar-refractivity contribution in [3.05, 3.63) is 0 Å². The summed E-state index contributed by atoms with van der Waals surface area (Å²) in [7, 11) is 0. The molecule has 0 aromatic heterocycles. The maximum Gasteiger partial charge on any atom is 0.0720 e. The second-order valence-electron chi connectivity index (χ2n) is 6.05. The van der Waals surface area contributed by atoms with Crippen LogP contribution in [0.15, 0.2) is 0 Å². The molecular weight excluding hydrogens is 174 g/mol. The van der Waals surface area contributed by atoms with Crippen LogP contribution in [-0.2, 0) is 0 Å². The minimum Gasteiger partial charge on any atom is -0.389 e. The molecule has 2 aliphatic rings. The summed E-state index contributed by atoms with van der Waals surface area (Å²) >= 11 is 0. The zero-order chi connectivity index (χ0) is 10.4. The van der Waals surface area contributed by atoms with Crippen LogP contribution in [0.3, 0.4) is 0 Å². The zero-order valence-corrected chi connectivity index (χ0v) is 9.71. The highest BCUT2D eigenvalue weighted by molar-refractivity contribution is 4.97. The van der Waals surface area contributed by atoms with Crippen LogP contribution in [0.25, 0.3) is 0 Å². The first-order valence-electron chi connectivity index (χ1n) is 5.89. The van der Waals surface area contributed by atoms with Crippen molar-refractivity contribution in [3.63, 3.8) is 0 Å². The van der Waals surface area contributed by atoms with Crippen LogP contribution >= 0.6 is 0 Å². The summed E-state index contributed by atoms with van der Waals surface area (Å²) < 4.78 is 0. The van der Waals surface area contributed by atoms with Crippen molar-refractivity contribution in [1.29, 1.82) is 0 Å². The fraction of sp³-hybridized carbons (Fsp3) is 1.00. The van der Waals surface area contributed by atoms with Gasteiger partial charge in [0, 0.05) is 19.1 Å². The maximum atomic E-state index is 10.5. The molecule has 0 radical (unpaired) electrons. The fourth-order valence-electron chi connectivity index (χ4n) is 2.45. The predicted octanol–water partition coefficient (Wildman–Crippen LogP) is 2.02. The lowest BCUT2D eigenvalue weighted by atomic mass is 9.71. The normalized spacial score (nSPS) is 29.1. The van der Waals surface area contributed by atoms with Gasteiger partial charge in [-0.1, -0.05) is 20.8 Å². The summed E-state index contributed by atoms with van der Waals surface area (Å²) in [6.45, 7) is 8.65. The van der Waals surface area contributed by atoms with Gasteiger partial charge in [0.25, 0.3) is 0 Å². The lowest BCUT2D eigenvalue weighted by Gasteiger charge is -2.46. The second-order valence-corrected chi connectivity index (χ2v) is 6.05. The highest BCUT2D eigenvalue weighted by atomic mass is 16.3. The van der Waals surface area contributed by atoms with E-state index in [0.717, 1.165) is 32.0 Å². The summed E-state index contributed by atoms with van der Waals surface area (Å²) in [5.74, 6) is 0. The molecule has 1 heterocycles. The standard InChI is InChI=1S/C12H23NO/c1-11(2,3)12(14)6-8-13(9-7-12)10-4-5-10/h10,14H,4-9H2,1-3H3. The van der Waals surface area contributed by atoms with E-state index in [1.807, 2.05) is 0 Å². The molecule has 1 saturated carbocycles. The molecule has 0 bridgehead atoms. The first-order valence-corrected chi connectivity index (χ1v) is 5.89. The molecule has 1 saturated heterocycles. The van der Waals surface area contributed by atoms with Crippen LogP contribution < -0.4 is 0 Å². The average molecular weight is 197 g/mol. The van der Waals surface area contributed by atoms with Crippen LogP contribution in [0.5, 0.6) is 0 Å². The van der Waals surface area contributed by atoms with Crippen LogP contribution in [0.4, 0.5) is 0 Å². The summed E-state index contributed by atoms with van der Waals surface area (Å²) in [5, 5.41) is 10.5. The van der Waals surface area contributed by atoms with Gasteiger partial charge in [0.1, 0.15) is 0 Å². The molecular formula is C12H23NO. The molecule has 0 aromatic carbocycles. The topological polar surface area (TPSA) is 23.5 Å². The van der Waals surface area contributed by atoms with Gasteiger partial charge in [-0.2, -0.15) is 0 Å². The van der Waals surface area contributed by atoms with E-state index in [0.29, 0.717) is 0 Å². The van der Waals surface area contributed by atoms with Crippen molar-refractivity contribution >= 4 is 0 Å². The van der Waals surface area contributed by atoms with Gasteiger partial charge in [0.2, 0.25) is 0 Å². The second kappa shape index (κ2) is 3.21. The third-order valence-electron chi connectivity index (χ3n) is 4.08. The fourth-order valence-corrected chi connectivity index (χ4v) is 2.45. The molecule has 82 valence electrons. The number of hydrogen-bond acceptors (Lipinski definition) is 2. The molecule has 0 spiro atoms. The number of piperidine rings is 1. The lowest BCUT2D eigenvalue weighted by Crippen LogP contribution is -2.52. The molecule has 2 rings (SSSR count). The largest absolute Gasteiger partial charge is 0.389 e. The van der Waals surface area contributed by atoms with Gasteiger partial charge >= 0.3 is 0 Å². The highest BCUT2D eigenvalue weighted by Crippen LogP contribution is 2.40. The number of aliphatic hydroxyl groups is 1. The van der Waals surface area contributed by atoms with Crippen molar-refractivity contribution in [2.45, 2.75) is 58.1 Å². The third kappa shape index (κ3) is 1.82. The van der Waals surface area contributed by atoms with Gasteiger partial charge < -0.3 is 10.0 Å². The van der Waals surface area contributed by atoms with Crippen LogP contribution in [0.1, 0.15) is 46.5 Å². The van der Waals surface area contributed by atoms with Gasteiger partial charge in [0.05, 0.1) is 5.60 Å². The third-order valence-corrected chi connectivity index (χ3v) is 4.08. The van der Waals surface area contributed by atoms with E-state index >= 15 is 0 Å². The number of hydrogen-bond donors (Lipinski definition) is 1. The van der Waals surface area contributed by atoms with Crippen molar-refractivity contribution in [2.75, 3.05) is 13.1 Å². The van der Waals surface area contributed by atoms with Gasteiger partial charge in [-0.05, 0) is 31.1 Å². The lowest BCUT2D eigenvalue weighted by molar-refractivity contribution is -0.0998. The minimum atomic E-state index is -0.432. The van der Waals surface area contributed by atoms with E-state index in [1.54, 1.807) is 0 Å². The van der Waals surface area contributed by atoms with E-state index in [4.69, 9.17) is 0 Å². The Morgan fingerprint density at radius 3 is 2.00 bits per heavy atom. The SMILES string of the molecule is CC(C)(C)C1(O)CCN(C2CC2)CC1. The summed E-state index contributed by atoms with van der Waals surface area (Å²) in [5.41, 5.74) is -0.402. The quantitative estimate of drug-likeness (QED) is 0.695. The van der Waals surface area contributed by atoms with E-state index < -0.39 is 5.60 Å². The van der Waals surface area contributed by atoms with E-state index in [1.165, 1.54) is 12.8 Å². The molecule has 0 atom stereocenters. The van der Waals surface area contributed by atoms with Gasteiger partial charge in [-0.3, -0.25) is 0 Å². The Kier molecular flexibility index (Phi) is 2.39. The molecule has 2 fully saturated rings. The number of rotatable bonds is 1. The molecule has 0 aromatic rings. The number of likely N-dealkylation sites (tertiary alicyclic amines) is 1. The Morgan fingerprint density at radius 1 is 1.14 bits per heavy atom. The number of nitrogens with zero attached hydrogens (tertiary/aromatic N) is 1. The van der Waals surface area contributed by atoms with Gasteiger partial charge in [-0.15, -0.1) is 0 Å². The molecule has 14 heavy (non-hydrogen) atoms. The molecule has 2 heteroatoms. The molecule has 1 aliphatic heterocycles. The Hall–Kier alpha value is -0.0800. The Morgan fingerprint density at radius 2 is 1.64 bits per heavy atom. The van der Waals surface area contributed by atoms with E-state index in [-0.39, 0.29) is 5.41 Å².